The van der Waals surface area contributed by atoms with E-state index in [-0.39, 0.29) is 5.91 Å². The number of hydrogen-bond donors (Lipinski definition) is 1. The zero-order valence-corrected chi connectivity index (χ0v) is 14.8. The number of aromatic nitrogens is 1. The minimum atomic E-state index is -0.0424. The molecule has 0 aliphatic rings. The highest BCUT2D eigenvalue weighted by atomic mass is 32.2. The van der Waals surface area contributed by atoms with E-state index in [0.29, 0.717) is 18.6 Å². The van der Waals surface area contributed by atoms with Gasteiger partial charge in [0.05, 0.1) is 18.2 Å². The van der Waals surface area contributed by atoms with Crippen LogP contribution in [-0.2, 0) is 18.3 Å². The molecule has 3 rings (SSSR count). The van der Waals surface area contributed by atoms with Crippen molar-refractivity contribution in [2.75, 3.05) is 11.1 Å². The van der Waals surface area contributed by atoms with Gasteiger partial charge in [0.15, 0.2) is 0 Å². The van der Waals surface area contributed by atoms with Gasteiger partial charge in [0.2, 0.25) is 5.91 Å². The largest absolute Gasteiger partial charge is 0.347 e. The summed E-state index contributed by atoms with van der Waals surface area (Å²) < 4.78 is 2.06. The molecule has 25 heavy (non-hydrogen) atoms. The van der Waals surface area contributed by atoms with Gasteiger partial charge in [-0.1, -0.05) is 30.3 Å². The van der Waals surface area contributed by atoms with E-state index in [4.69, 9.17) is 5.26 Å². The summed E-state index contributed by atoms with van der Waals surface area (Å²) in [6.07, 6.45) is 0.811. The van der Waals surface area contributed by atoms with Gasteiger partial charge in [-0.15, -0.1) is 11.8 Å². The summed E-state index contributed by atoms with van der Waals surface area (Å²) in [6.45, 7) is 0. The fourth-order valence-electron chi connectivity index (χ4n) is 2.78. The van der Waals surface area contributed by atoms with Crippen LogP contribution < -0.4 is 5.32 Å². The summed E-state index contributed by atoms with van der Waals surface area (Å²) in [4.78, 5) is 13.5. The van der Waals surface area contributed by atoms with Crippen molar-refractivity contribution >= 4 is 34.3 Å². The van der Waals surface area contributed by atoms with Gasteiger partial charge in [0, 0.05) is 35.3 Å². The Morgan fingerprint density at radius 3 is 2.76 bits per heavy atom. The van der Waals surface area contributed by atoms with E-state index in [2.05, 4.69) is 34.2 Å². The second-order valence-electron chi connectivity index (χ2n) is 5.73. The third kappa shape index (κ3) is 4.04. The van der Waals surface area contributed by atoms with Crippen molar-refractivity contribution in [1.82, 2.24) is 4.57 Å². The van der Waals surface area contributed by atoms with Crippen molar-refractivity contribution in [1.29, 1.82) is 5.26 Å². The Bertz CT molecular complexity index is 940. The molecule has 3 aromatic rings. The van der Waals surface area contributed by atoms with Crippen LogP contribution in [0.4, 0.5) is 5.69 Å². The van der Waals surface area contributed by atoms with Crippen molar-refractivity contribution in [3.63, 3.8) is 0 Å². The highest BCUT2D eigenvalue weighted by Gasteiger charge is 2.12. The lowest BCUT2D eigenvalue weighted by atomic mass is 10.2. The van der Waals surface area contributed by atoms with Crippen LogP contribution in [0.15, 0.2) is 59.5 Å². The van der Waals surface area contributed by atoms with Gasteiger partial charge in [-0.2, -0.15) is 5.26 Å². The average Bonchev–Trinajstić information content (AvgIpc) is 2.93. The first-order chi connectivity index (χ1) is 12.2. The molecule has 0 aliphatic heterocycles. The van der Waals surface area contributed by atoms with E-state index in [0.717, 1.165) is 27.2 Å². The van der Waals surface area contributed by atoms with Crippen molar-refractivity contribution in [2.24, 2.45) is 7.05 Å². The number of benzene rings is 2. The molecule has 126 valence electrons. The number of anilines is 1. The van der Waals surface area contributed by atoms with Gasteiger partial charge in [0.25, 0.3) is 0 Å². The molecule has 1 N–H and O–H groups in total. The van der Waals surface area contributed by atoms with E-state index in [1.165, 1.54) is 0 Å². The molecule has 0 bridgehead atoms. The lowest BCUT2D eigenvalue weighted by Gasteiger charge is -2.10. The lowest BCUT2D eigenvalue weighted by Crippen LogP contribution is -2.16. The molecule has 0 unspecified atom stereocenters. The van der Waals surface area contributed by atoms with Crippen LogP contribution in [0, 0.1) is 11.3 Å². The molecule has 0 radical (unpaired) electrons. The number of carbonyl (C=O) groups excluding carboxylic acids is 1. The van der Waals surface area contributed by atoms with Gasteiger partial charge < -0.3 is 9.88 Å². The Balaban J connectivity index is 1.72. The second-order valence-corrected chi connectivity index (χ2v) is 6.87. The van der Waals surface area contributed by atoms with E-state index in [1.54, 1.807) is 11.8 Å². The van der Waals surface area contributed by atoms with E-state index >= 15 is 0 Å². The predicted octanol–water partition coefficient (Wildman–Crippen LogP) is 4.37. The molecule has 2 aromatic carbocycles. The van der Waals surface area contributed by atoms with Crippen LogP contribution in [0.1, 0.15) is 12.1 Å². The first kappa shape index (κ1) is 17.1. The fraction of sp³-hybridized carbons (Fsp3) is 0.200. The summed E-state index contributed by atoms with van der Waals surface area (Å²) in [5.41, 5.74) is 2.90. The van der Waals surface area contributed by atoms with Crippen LogP contribution in [0.3, 0.4) is 0 Å². The van der Waals surface area contributed by atoms with Crippen LogP contribution in [-0.4, -0.2) is 16.2 Å². The van der Waals surface area contributed by atoms with Crippen molar-refractivity contribution < 1.29 is 4.79 Å². The number of para-hydroxylation sites is 2. The Morgan fingerprint density at radius 1 is 1.20 bits per heavy atom. The molecule has 0 atom stereocenters. The number of nitrogens with one attached hydrogen (secondary N) is 1. The Morgan fingerprint density at radius 2 is 1.96 bits per heavy atom. The number of carbonyl (C=O) groups is 1. The number of rotatable bonds is 6. The maximum atomic E-state index is 12.5. The van der Waals surface area contributed by atoms with Crippen LogP contribution in [0.5, 0.6) is 0 Å². The van der Waals surface area contributed by atoms with Gasteiger partial charge >= 0.3 is 0 Å². The summed E-state index contributed by atoms with van der Waals surface area (Å²) in [5, 5.41) is 12.8. The number of nitrogens with zero attached hydrogens (tertiary/aromatic N) is 2. The van der Waals surface area contributed by atoms with Crippen molar-refractivity contribution in [2.45, 2.75) is 17.7 Å². The van der Waals surface area contributed by atoms with Gasteiger partial charge in [-0.25, -0.2) is 0 Å². The molecule has 4 nitrogen and oxygen atoms in total. The average molecular weight is 349 g/mol. The maximum absolute atomic E-state index is 12.5. The molecule has 1 aromatic heterocycles. The number of hydrogen-bond acceptors (Lipinski definition) is 3. The minimum Gasteiger partial charge on any atom is -0.347 e. The number of fused-ring (bicyclic) bond motifs is 1. The Kier molecular flexibility index (Phi) is 5.42. The summed E-state index contributed by atoms with van der Waals surface area (Å²) in [5.74, 6) is 0.672. The molecule has 0 saturated heterocycles. The van der Waals surface area contributed by atoms with Crippen LogP contribution in [0.25, 0.3) is 10.9 Å². The van der Waals surface area contributed by atoms with Gasteiger partial charge in [0.1, 0.15) is 0 Å². The molecular weight excluding hydrogens is 330 g/mol. The fourth-order valence-corrected chi connectivity index (χ4v) is 3.64. The van der Waals surface area contributed by atoms with Crippen molar-refractivity contribution in [3.8, 4) is 6.07 Å². The maximum Gasteiger partial charge on any atom is 0.230 e. The SMILES string of the molecule is Cn1c(CC(=O)Nc2ccccc2SCCC#N)cc2ccccc21. The van der Waals surface area contributed by atoms with Gasteiger partial charge in [-0.3, -0.25) is 4.79 Å². The zero-order chi connectivity index (χ0) is 17.6. The molecule has 0 fully saturated rings. The van der Waals surface area contributed by atoms with E-state index in [1.807, 2.05) is 43.4 Å². The number of aryl methyl sites for hydroxylation is 1. The molecule has 1 heterocycles. The summed E-state index contributed by atoms with van der Waals surface area (Å²) in [7, 11) is 1.98. The third-order valence-corrected chi connectivity index (χ3v) is 5.10. The smallest absolute Gasteiger partial charge is 0.230 e. The van der Waals surface area contributed by atoms with E-state index < -0.39 is 0 Å². The third-order valence-electron chi connectivity index (χ3n) is 4.03. The molecular formula is C20H19N3OS. The molecule has 0 aliphatic carbocycles. The highest BCUT2D eigenvalue weighted by Crippen LogP contribution is 2.27. The Labute approximate surface area is 151 Å². The number of thioether (sulfide) groups is 1. The first-order valence-electron chi connectivity index (χ1n) is 8.11. The normalized spacial score (nSPS) is 10.6. The monoisotopic (exact) mass is 349 g/mol. The second kappa shape index (κ2) is 7.91. The Hall–Kier alpha value is -2.71. The first-order valence-corrected chi connectivity index (χ1v) is 9.09. The van der Waals surface area contributed by atoms with Crippen molar-refractivity contribution in [3.05, 3.63) is 60.3 Å². The number of amides is 1. The highest BCUT2D eigenvalue weighted by molar-refractivity contribution is 7.99. The summed E-state index contributed by atoms with van der Waals surface area (Å²) in [6, 6.07) is 20.0. The number of nitriles is 1. The molecule has 0 saturated carbocycles. The molecule has 0 spiro atoms. The topological polar surface area (TPSA) is 57.8 Å². The summed E-state index contributed by atoms with van der Waals surface area (Å²) >= 11 is 1.58. The zero-order valence-electron chi connectivity index (χ0n) is 14.0. The standard InChI is InChI=1S/C20H19N3OS/c1-23-16(13-15-7-2-4-9-18(15)23)14-20(24)22-17-8-3-5-10-19(17)25-12-6-11-21/h2-5,7-10,13H,6,12,14H2,1H3,(H,22,24). The predicted molar refractivity (Wildman–Crippen MR) is 103 cm³/mol. The molecule has 1 amide bonds. The lowest BCUT2D eigenvalue weighted by molar-refractivity contribution is -0.115. The van der Waals surface area contributed by atoms with Gasteiger partial charge in [-0.05, 0) is 29.7 Å². The minimum absolute atomic E-state index is 0.0424. The quantitative estimate of drug-likeness (QED) is 0.531. The van der Waals surface area contributed by atoms with E-state index in [9.17, 15) is 4.79 Å². The van der Waals surface area contributed by atoms with Crippen LogP contribution >= 0.6 is 11.8 Å². The van der Waals surface area contributed by atoms with Crippen LogP contribution in [0.2, 0.25) is 0 Å². The molecule has 5 heteroatoms.